The van der Waals surface area contributed by atoms with Gasteiger partial charge in [-0.25, -0.2) is 4.39 Å². The van der Waals surface area contributed by atoms with E-state index >= 15 is 0 Å². The van der Waals surface area contributed by atoms with Gasteiger partial charge < -0.3 is 15.5 Å². The van der Waals surface area contributed by atoms with Gasteiger partial charge in [0, 0.05) is 36.7 Å². The maximum absolute atomic E-state index is 14.0. The Morgan fingerprint density at radius 2 is 1.41 bits per heavy atom. The molecule has 7 heteroatoms. The van der Waals surface area contributed by atoms with Crippen LogP contribution in [0.4, 0.5) is 4.39 Å². The van der Waals surface area contributed by atoms with Gasteiger partial charge in [-0.15, -0.1) is 0 Å². The highest BCUT2D eigenvalue weighted by Crippen LogP contribution is 2.23. The zero-order valence-corrected chi connectivity index (χ0v) is 19.6. The maximum Gasteiger partial charge on any atom is 0.256 e. The van der Waals surface area contributed by atoms with Crippen molar-refractivity contribution in [2.45, 2.75) is 57.5 Å². The van der Waals surface area contributed by atoms with Gasteiger partial charge in [-0.2, -0.15) is 0 Å². The number of hydrogen-bond acceptors (Lipinski definition) is 3. The van der Waals surface area contributed by atoms with Gasteiger partial charge in [-0.05, 0) is 56.4 Å². The van der Waals surface area contributed by atoms with Gasteiger partial charge in [0.1, 0.15) is 5.82 Å². The topological polar surface area (TPSA) is 78.5 Å². The highest BCUT2D eigenvalue weighted by atomic mass is 19.1. The third-order valence-corrected chi connectivity index (χ3v) is 7.06. The number of halogens is 1. The molecule has 34 heavy (non-hydrogen) atoms. The van der Waals surface area contributed by atoms with Crippen LogP contribution in [0.5, 0.6) is 0 Å². The smallest absolute Gasteiger partial charge is 0.256 e. The molecule has 6 nitrogen and oxygen atoms in total. The number of rotatable bonds is 5. The number of amides is 3. The molecule has 1 unspecified atom stereocenters. The van der Waals surface area contributed by atoms with Gasteiger partial charge in [-0.3, -0.25) is 14.4 Å². The van der Waals surface area contributed by atoms with Crippen molar-refractivity contribution in [2.75, 3.05) is 13.1 Å². The lowest BCUT2D eigenvalue weighted by atomic mass is 9.88. The van der Waals surface area contributed by atoms with Gasteiger partial charge in [0.15, 0.2) is 0 Å². The molecule has 180 valence electrons. The Balaban J connectivity index is 1.32. The minimum absolute atomic E-state index is 0.0277. The number of piperidine rings is 1. The lowest BCUT2D eigenvalue weighted by Gasteiger charge is -2.36. The summed E-state index contributed by atoms with van der Waals surface area (Å²) in [4.78, 5) is 40.1. The van der Waals surface area contributed by atoms with Crippen molar-refractivity contribution in [3.8, 4) is 0 Å². The number of nitrogens with zero attached hydrogens (tertiary/aromatic N) is 1. The molecule has 2 N–H and O–H groups in total. The van der Waals surface area contributed by atoms with E-state index in [0.717, 1.165) is 31.2 Å². The van der Waals surface area contributed by atoms with Crippen LogP contribution in [0.15, 0.2) is 48.5 Å². The Kier molecular flexibility index (Phi) is 7.60. The second-order valence-corrected chi connectivity index (χ2v) is 9.34. The van der Waals surface area contributed by atoms with E-state index in [1.54, 1.807) is 17.0 Å². The van der Waals surface area contributed by atoms with E-state index < -0.39 is 5.82 Å². The quantitative estimate of drug-likeness (QED) is 0.704. The molecule has 0 bridgehead atoms. The summed E-state index contributed by atoms with van der Waals surface area (Å²) in [6.45, 7) is 2.76. The predicted molar refractivity (Wildman–Crippen MR) is 128 cm³/mol. The Morgan fingerprint density at radius 1 is 0.824 bits per heavy atom. The highest BCUT2D eigenvalue weighted by Gasteiger charge is 2.33. The summed E-state index contributed by atoms with van der Waals surface area (Å²) >= 11 is 0. The maximum atomic E-state index is 14.0. The molecule has 1 aliphatic heterocycles. The summed E-state index contributed by atoms with van der Waals surface area (Å²) in [5, 5.41) is 6.32. The first-order valence-electron chi connectivity index (χ1n) is 12.1. The Hall–Kier alpha value is -3.22. The second kappa shape index (κ2) is 10.8. The minimum atomic E-state index is -0.525. The molecule has 0 aromatic heterocycles. The fraction of sp³-hybridized carbons (Fsp3) is 0.444. The summed E-state index contributed by atoms with van der Waals surface area (Å²) in [6, 6.07) is 13.3. The van der Waals surface area contributed by atoms with Gasteiger partial charge in [0.05, 0.1) is 5.56 Å². The number of hydrogen-bond donors (Lipinski definition) is 2. The largest absolute Gasteiger partial charge is 0.351 e. The van der Waals surface area contributed by atoms with Crippen LogP contribution in [-0.4, -0.2) is 47.8 Å². The molecule has 4 rings (SSSR count). The van der Waals surface area contributed by atoms with Crippen molar-refractivity contribution in [3.05, 3.63) is 71.0 Å². The van der Waals surface area contributed by atoms with Crippen molar-refractivity contribution in [1.82, 2.24) is 15.5 Å². The third-order valence-electron chi connectivity index (χ3n) is 7.06. The Bertz CT molecular complexity index is 1050. The highest BCUT2D eigenvalue weighted by molar-refractivity contribution is 5.96. The second-order valence-electron chi connectivity index (χ2n) is 9.34. The third kappa shape index (κ3) is 5.46. The molecule has 1 aliphatic carbocycles. The van der Waals surface area contributed by atoms with Crippen molar-refractivity contribution in [2.24, 2.45) is 5.92 Å². The first kappa shape index (κ1) is 23.9. The number of nitrogens with one attached hydrogen (secondary N) is 2. The van der Waals surface area contributed by atoms with E-state index in [1.165, 1.54) is 12.1 Å². The van der Waals surface area contributed by atoms with E-state index in [4.69, 9.17) is 0 Å². The van der Waals surface area contributed by atoms with Gasteiger partial charge in [0.2, 0.25) is 5.91 Å². The van der Waals surface area contributed by atoms with Gasteiger partial charge >= 0.3 is 0 Å². The van der Waals surface area contributed by atoms with Crippen molar-refractivity contribution in [3.63, 3.8) is 0 Å². The summed E-state index contributed by atoms with van der Waals surface area (Å²) in [5.41, 5.74) is 1.65. The average Bonchev–Trinajstić information content (AvgIpc) is 2.85. The first-order chi connectivity index (χ1) is 16.4. The van der Waals surface area contributed by atoms with E-state index in [1.807, 2.05) is 31.2 Å². The zero-order chi connectivity index (χ0) is 24.1. The van der Waals surface area contributed by atoms with E-state index in [-0.39, 0.29) is 41.3 Å². The fourth-order valence-corrected chi connectivity index (χ4v) is 5.00. The standard InChI is InChI=1S/C27H32FN3O3/c1-18-8-2-3-9-20(18)26(33)30-24-13-7-6-12-23(24)29-25(32)19-14-16-31(17-15-19)27(34)21-10-4-5-11-22(21)28/h2-5,8-11,19,23-24H,6-7,12-17H2,1H3,(H,29,32)(H,30,33)/t23?,24-/m1/s1. The van der Waals surface area contributed by atoms with Crippen LogP contribution in [0.3, 0.4) is 0 Å². The average molecular weight is 466 g/mol. The van der Waals surface area contributed by atoms with Gasteiger partial charge in [-0.1, -0.05) is 43.2 Å². The first-order valence-corrected chi connectivity index (χ1v) is 12.1. The van der Waals surface area contributed by atoms with Crippen LogP contribution in [-0.2, 0) is 4.79 Å². The number of benzene rings is 2. The molecule has 1 saturated heterocycles. The van der Waals surface area contributed by atoms with E-state index in [9.17, 15) is 18.8 Å². The fourth-order valence-electron chi connectivity index (χ4n) is 5.00. The molecule has 2 aliphatic rings. The Morgan fingerprint density at radius 3 is 2.06 bits per heavy atom. The van der Waals surface area contributed by atoms with Gasteiger partial charge in [0.25, 0.3) is 11.8 Å². The normalized spacial score (nSPS) is 21.1. The number of aryl methyl sites for hydroxylation is 1. The molecule has 1 saturated carbocycles. The van der Waals surface area contributed by atoms with Crippen molar-refractivity contribution >= 4 is 17.7 Å². The molecule has 2 atom stereocenters. The number of carbonyl (C=O) groups excluding carboxylic acids is 3. The van der Waals surface area contributed by atoms with E-state index in [0.29, 0.717) is 31.5 Å². The van der Waals surface area contributed by atoms with Crippen LogP contribution in [0.1, 0.15) is 64.8 Å². The molecule has 2 fully saturated rings. The molecule has 2 aromatic rings. The van der Waals surface area contributed by atoms with Crippen LogP contribution in [0, 0.1) is 18.7 Å². The van der Waals surface area contributed by atoms with Crippen molar-refractivity contribution in [1.29, 1.82) is 0 Å². The number of carbonyl (C=O) groups is 3. The van der Waals surface area contributed by atoms with E-state index in [2.05, 4.69) is 10.6 Å². The zero-order valence-electron chi connectivity index (χ0n) is 19.6. The molecule has 2 aromatic carbocycles. The lowest BCUT2D eigenvalue weighted by molar-refractivity contribution is -0.127. The summed E-state index contributed by atoms with van der Waals surface area (Å²) in [7, 11) is 0. The van der Waals surface area contributed by atoms with Crippen LogP contribution < -0.4 is 10.6 Å². The molecule has 0 spiro atoms. The molecule has 3 amide bonds. The van der Waals surface area contributed by atoms with Crippen LogP contribution >= 0.6 is 0 Å². The summed E-state index contributed by atoms with van der Waals surface area (Å²) < 4.78 is 14.0. The molecule has 0 radical (unpaired) electrons. The summed E-state index contributed by atoms with van der Waals surface area (Å²) in [6.07, 6.45) is 4.77. The number of likely N-dealkylation sites (tertiary alicyclic amines) is 1. The molecular weight excluding hydrogens is 433 g/mol. The van der Waals surface area contributed by atoms with Crippen LogP contribution in [0.2, 0.25) is 0 Å². The monoisotopic (exact) mass is 465 g/mol. The van der Waals surface area contributed by atoms with Crippen molar-refractivity contribution < 1.29 is 18.8 Å². The lowest BCUT2D eigenvalue weighted by Crippen LogP contribution is -2.55. The van der Waals surface area contributed by atoms with Crippen LogP contribution in [0.25, 0.3) is 0 Å². The minimum Gasteiger partial charge on any atom is -0.351 e. The SMILES string of the molecule is Cc1ccccc1C(=O)N[C@@H]1CCCCC1NC(=O)C1CCN(C(=O)c2ccccc2F)CC1. The Labute approximate surface area is 199 Å². The molecular formula is C27H32FN3O3. The molecule has 1 heterocycles. The summed E-state index contributed by atoms with van der Waals surface area (Å²) in [5.74, 6) is -1.18. The predicted octanol–water partition coefficient (Wildman–Crippen LogP) is 3.84.